The number of carbonyl (C=O) groups is 1. The average Bonchev–Trinajstić information content (AvgIpc) is 3.72. The molecule has 252 valence electrons. The molecule has 2 aromatic heterocycles. The number of oxazole rings is 1. The van der Waals surface area contributed by atoms with E-state index in [0.29, 0.717) is 67.7 Å². The number of furan rings is 1. The number of anilines is 1. The van der Waals surface area contributed by atoms with Gasteiger partial charge >= 0.3 is 0 Å². The van der Waals surface area contributed by atoms with Crippen molar-refractivity contribution in [1.29, 1.82) is 10.5 Å². The lowest BCUT2D eigenvalue weighted by molar-refractivity contribution is 0.0964. The summed E-state index contributed by atoms with van der Waals surface area (Å²) in [6, 6.07) is 24.1. The first kappa shape index (κ1) is 33.9. The second-order valence-corrected chi connectivity index (χ2v) is 13.5. The maximum Gasteiger partial charge on any atom is 0.255 e. The van der Waals surface area contributed by atoms with Gasteiger partial charge in [-0.15, -0.1) is 0 Å². The minimum Gasteiger partial charge on any atom is -0.496 e. The van der Waals surface area contributed by atoms with E-state index >= 15 is 0 Å². The van der Waals surface area contributed by atoms with Crippen molar-refractivity contribution in [2.45, 2.75) is 20.3 Å². The number of carbonyl (C=O) groups excluding carboxylic acids is 1. The van der Waals surface area contributed by atoms with E-state index in [0.717, 1.165) is 0 Å². The molecule has 0 bridgehead atoms. The van der Waals surface area contributed by atoms with Crippen molar-refractivity contribution in [2.24, 2.45) is 5.41 Å². The first-order valence-electron chi connectivity index (χ1n) is 15.6. The predicted octanol–water partition coefficient (Wildman–Crippen LogP) is 7.99. The molecule has 1 unspecified atom stereocenters. The van der Waals surface area contributed by atoms with Gasteiger partial charge in [0, 0.05) is 42.4 Å². The van der Waals surface area contributed by atoms with E-state index in [1.807, 2.05) is 26.0 Å². The molecule has 0 saturated heterocycles. The molecule has 0 fully saturated rings. The quantitative estimate of drug-likeness (QED) is 0.152. The number of fused-ring (bicyclic) bond motifs is 2. The molecule has 10 nitrogen and oxygen atoms in total. The van der Waals surface area contributed by atoms with Crippen LogP contribution in [-0.4, -0.2) is 42.1 Å². The molecule has 0 aliphatic carbocycles. The van der Waals surface area contributed by atoms with Crippen LogP contribution in [0.1, 0.15) is 36.2 Å². The molecular formula is C38H32FN5O5S. The van der Waals surface area contributed by atoms with Crippen LogP contribution in [0.4, 0.5) is 10.1 Å². The zero-order chi connectivity index (χ0) is 35.7. The van der Waals surface area contributed by atoms with Crippen molar-refractivity contribution >= 4 is 44.6 Å². The molecule has 2 heterocycles. The molecular weight excluding hydrogens is 658 g/mol. The Bertz CT molecular complexity index is 2380. The molecule has 12 heteroatoms. The topological polar surface area (TPSA) is 145 Å². The predicted molar refractivity (Wildman–Crippen MR) is 190 cm³/mol. The number of nitrogens with zero attached hydrogens (tertiary/aromatic N) is 4. The number of methoxy groups -OCH3 is 1. The van der Waals surface area contributed by atoms with E-state index in [9.17, 15) is 23.9 Å². The van der Waals surface area contributed by atoms with Crippen LogP contribution < -0.4 is 14.4 Å². The van der Waals surface area contributed by atoms with E-state index in [1.165, 1.54) is 38.4 Å². The normalized spacial score (nSPS) is 12.0. The van der Waals surface area contributed by atoms with Crippen LogP contribution in [0.5, 0.6) is 5.75 Å². The Morgan fingerprint density at radius 2 is 1.76 bits per heavy atom. The monoisotopic (exact) mass is 689 g/mol. The van der Waals surface area contributed by atoms with Gasteiger partial charge in [-0.3, -0.25) is 9.10 Å². The molecule has 0 aliphatic heterocycles. The van der Waals surface area contributed by atoms with Gasteiger partial charge in [-0.1, -0.05) is 12.1 Å². The molecule has 6 rings (SSSR count). The van der Waals surface area contributed by atoms with Crippen LogP contribution in [0.2, 0.25) is 0 Å². The van der Waals surface area contributed by atoms with Crippen molar-refractivity contribution < 1.29 is 27.0 Å². The van der Waals surface area contributed by atoms with Crippen molar-refractivity contribution in [3.63, 3.8) is 0 Å². The lowest BCUT2D eigenvalue weighted by Gasteiger charge is -2.27. The van der Waals surface area contributed by atoms with Gasteiger partial charge in [0.25, 0.3) is 5.91 Å². The molecule has 1 atom stereocenters. The van der Waals surface area contributed by atoms with E-state index in [1.54, 1.807) is 47.0 Å². The van der Waals surface area contributed by atoms with Crippen molar-refractivity contribution in [3.8, 4) is 51.8 Å². The van der Waals surface area contributed by atoms with Crippen LogP contribution in [0.25, 0.3) is 56.0 Å². The number of hydrogen-bond acceptors (Lipinski definition) is 8. The van der Waals surface area contributed by atoms with Crippen molar-refractivity contribution in [1.82, 2.24) is 10.3 Å². The number of hydrogen-bond donors (Lipinski definition) is 1. The van der Waals surface area contributed by atoms with E-state index < -0.39 is 28.1 Å². The first-order chi connectivity index (χ1) is 24.0. The fourth-order valence-corrected chi connectivity index (χ4v) is 6.52. The molecule has 0 saturated carbocycles. The lowest BCUT2D eigenvalue weighted by Crippen LogP contribution is -2.29. The number of benzene rings is 4. The Kier molecular flexibility index (Phi) is 9.15. The third kappa shape index (κ3) is 6.29. The van der Waals surface area contributed by atoms with E-state index in [2.05, 4.69) is 22.4 Å². The summed E-state index contributed by atoms with van der Waals surface area (Å²) in [5, 5.41) is 22.5. The van der Waals surface area contributed by atoms with E-state index in [-0.39, 0.29) is 23.8 Å². The number of halogens is 1. The molecule has 0 aliphatic rings. The fourth-order valence-electron chi connectivity index (χ4n) is 5.75. The van der Waals surface area contributed by atoms with Crippen LogP contribution in [-0.2, 0) is 11.0 Å². The number of nitrogens with one attached hydrogen (secondary N) is 1. The van der Waals surface area contributed by atoms with Gasteiger partial charge in [0.15, 0.2) is 5.58 Å². The molecule has 1 N–H and O–H groups in total. The fraction of sp³-hybridized carbons (Fsp3) is 0.211. The summed E-state index contributed by atoms with van der Waals surface area (Å²) < 4.78 is 47.1. The summed E-state index contributed by atoms with van der Waals surface area (Å²) >= 11 is 0. The second-order valence-electron chi connectivity index (χ2n) is 12.2. The standard InChI is InChI=1S/C38H32FN5O5S/c1-38(2,21-41)15-16-44(50(5)46)29-19-32-27(33(36(45)42-3)35(48-32)22-9-12-25(39)13-10-22)18-26(29)23-11-14-30(47-4)28(17-23)37-43-34-24(20-40)7-6-8-31(34)49-37/h6-14,17-19H,15-16H2,1-5H3,(H,42,45). The summed E-state index contributed by atoms with van der Waals surface area (Å²) in [5.74, 6) is 0.0799. The third-order valence-electron chi connectivity index (χ3n) is 8.47. The summed E-state index contributed by atoms with van der Waals surface area (Å²) in [6.45, 7) is 3.90. The maximum atomic E-state index is 13.9. The molecule has 0 radical (unpaired) electrons. The summed E-state index contributed by atoms with van der Waals surface area (Å²) in [5.41, 5.74) is 3.85. The van der Waals surface area contributed by atoms with Gasteiger partial charge in [0.2, 0.25) is 5.89 Å². The molecule has 0 spiro atoms. The highest BCUT2D eigenvalue weighted by Gasteiger charge is 2.28. The minimum absolute atomic E-state index is 0.226. The van der Waals surface area contributed by atoms with Crippen molar-refractivity contribution in [3.05, 3.63) is 89.7 Å². The van der Waals surface area contributed by atoms with Gasteiger partial charge in [-0.2, -0.15) is 10.5 Å². The Morgan fingerprint density at radius 3 is 2.42 bits per heavy atom. The number of aromatic nitrogens is 1. The Morgan fingerprint density at radius 1 is 1.02 bits per heavy atom. The summed E-state index contributed by atoms with van der Waals surface area (Å²) in [7, 11) is 1.48. The number of para-hydroxylation sites is 1. The smallest absolute Gasteiger partial charge is 0.255 e. The van der Waals surface area contributed by atoms with Crippen molar-refractivity contribution in [2.75, 3.05) is 31.3 Å². The first-order valence-corrected chi connectivity index (χ1v) is 17.1. The van der Waals surface area contributed by atoms with Crippen LogP contribution in [0, 0.1) is 33.9 Å². The molecule has 4 aromatic carbocycles. The van der Waals surface area contributed by atoms with Gasteiger partial charge in [0.1, 0.15) is 45.5 Å². The summed E-state index contributed by atoms with van der Waals surface area (Å²) in [4.78, 5) is 18.1. The number of ether oxygens (including phenoxy) is 1. The zero-order valence-corrected chi connectivity index (χ0v) is 28.8. The summed E-state index contributed by atoms with van der Waals surface area (Å²) in [6.07, 6.45) is 1.96. The average molecular weight is 690 g/mol. The molecule has 1 amide bonds. The molecule has 6 aromatic rings. The largest absolute Gasteiger partial charge is 0.496 e. The Balaban J connectivity index is 1.63. The zero-order valence-electron chi connectivity index (χ0n) is 28.0. The highest BCUT2D eigenvalue weighted by Crippen LogP contribution is 2.44. The minimum atomic E-state index is -1.55. The Labute approximate surface area is 290 Å². The van der Waals surface area contributed by atoms with Gasteiger partial charge in [0.05, 0.1) is 41.0 Å². The van der Waals surface area contributed by atoms with Gasteiger partial charge in [-0.25, -0.2) is 13.6 Å². The van der Waals surface area contributed by atoms with Crippen LogP contribution >= 0.6 is 0 Å². The number of rotatable bonds is 10. The van der Waals surface area contributed by atoms with E-state index in [4.69, 9.17) is 13.6 Å². The van der Waals surface area contributed by atoms with Crippen LogP contribution in [0.15, 0.2) is 81.6 Å². The van der Waals surface area contributed by atoms with Gasteiger partial charge in [-0.05, 0) is 80.4 Å². The lowest BCUT2D eigenvalue weighted by atomic mass is 9.91. The third-order valence-corrected chi connectivity index (χ3v) is 9.47. The molecule has 50 heavy (non-hydrogen) atoms. The van der Waals surface area contributed by atoms with Crippen LogP contribution in [0.3, 0.4) is 0 Å². The Hall–Kier alpha value is -5.98. The highest BCUT2D eigenvalue weighted by atomic mass is 32.2. The number of amides is 1. The SMILES string of the molecule is CNC(=O)c1c(-c2ccc(F)cc2)oc2cc(N(CCC(C)(C)C#N)S(C)=O)c(-c3ccc(OC)c(-c4nc5c(C#N)cccc5o4)c3)cc12. The number of nitriles is 2. The second kappa shape index (κ2) is 13.5. The van der Waals surface area contributed by atoms with Gasteiger partial charge < -0.3 is 18.9 Å². The maximum absolute atomic E-state index is 13.9. The highest BCUT2D eigenvalue weighted by molar-refractivity contribution is 7.85.